The molecule has 0 radical (unpaired) electrons. The van der Waals surface area contributed by atoms with Crippen LogP contribution < -0.4 is 0 Å². The molecule has 1 aliphatic rings. The van der Waals surface area contributed by atoms with E-state index in [0.717, 1.165) is 11.1 Å². The number of piperazine rings is 1. The van der Waals surface area contributed by atoms with E-state index in [9.17, 15) is 14.4 Å². The minimum Gasteiger partial charge on any atom is -0.336 e. The van der Waals surface area contributed by atoms with Gasteiger partial charge in [0.1, 0.15) is 11.9 Å². The summed E-state index contributed by atoms with van der Waals surface area (Å²) in [6.07, 6.45) is 0. The fourth-order valence-corrected chi connectivity index (χ4v) is 3.20. The Morgan fingerprint density at radius 2 is 1.72 bits per heavy atom. The van der Waals surface area contributed by atoms with Gasteiger partial charge >= 0.3 is 0 Å². The Kier molecular flexibility index (Phi) is 5.11. The van der Waals surface area contributed by atoms with Crippen LogP contribution in [-0.2, 0) is 0 Å². The topological polar surface area (TPSA) is 47.3 Å². The third kappa shape index (κ3) is 3.70. The molecule has 1 aliphatic heterocycles. The van der Waals surface area contributed by atoms with Crippen molar-refractivity contribution < 1.29 is 9.18 Å². The Labute approximate surface area is 147 Å². The van der Waals surface area contributed by atoms with Crippen molar-refractivity contribution in [2.45, 2.75) is 13.0 Å². The molecule has 0 saturated carbocycles. The Morgan fingerprint density at radius 3 is 2.32 bits per heavy atom. The Morgan fingerprint density at radius 1 is 1.08 bits per heavy atom. The van der Waals surface area contributed by atoms with Gasteiger partial charge in [0.05, 0.1) is 6.07 Å². The van der Waals surface area contributed by atoms with E-state index >= 15 is 0 Å². The average Bonchev–Trinajstić information content (AvgIpc) is 2.64. The van der Waals surface area contributed by atoms with Crippen LogP contribution in [0.4, 0.5) is 4.39 Å². The third-order valence-electron chi connectivity index (χ3n) is 4.66. The van der Waals surface area contributed by atoms with Crippen LogP contribution >= 0.6 is 0 Å². The van der Waals surface area contributed by atoms with Crippen molar-refractivity contribution in [3.05, 3.63) is 71.0 Å². The predicted octanol–water partition coefficient (Wildman–Crippen LogP) is 3.16. The van der Waals surface area contributed by atoms with E-state index in [1.807, 2.05) is 31.2 Å². The number of hydrogen-bond donors (Lipinski definition) is 0. The number of nitriles is 1. The second kappa shape index (κ2) is 7.45. The molecule has 1 saturated heterocycles. The molecule has 1 heterocycles. The van der Waals surface area contributed by atoms with Crippen molar-refractivity contribution in [2.75, 3.05) is 26.2 Å². The van der Waals surface area contributed by atoms with Crippen molar-refractivity contribution in [2.24, 2.45) is 0 Å². The summed E-state index contributed by atoms with van der Waals surface area (Å²) in [5, 5.41) is 9.63. The summed E-state index contributed by atoms with van der Waals surface area (Å²) in [6, 6.07) is 15.6. The highest BCUT2D eigenvalue weighted by atomic mass is 19.1. The molecule has 2 aromatic rings. The van der Waals surface area contributed by atoms with Crippen LogP contribution in [-0.4, -0.2) is 41.9 Å². The number of nitrogens with zero attached hydrogens (tertiary/aromatic N) is 3. The van der Waals surface area contributed by atoms with Gasteiger partial charge in [0.15, 0.2) is 0 Å². The molecule has 0 aromatic heterocycles. The lowest BCUT2D eigenvalue weighted by atomic mass is 10.0. The lowest BCUT2D eigenvalue weighted by molar-refractivity contribution is 0.0606. The van der Waals surface area contributed by atoms with Gasteiger partial charge in [-0.15, -0.1) is 0 Å². The van der Waals surface area contributed by atoms with E-state index in [-0.39, 0.29) is 17.8 Å². The van der Waals surface area contributed by atoms with Gasteiger partial charge in [-0.1, -0.05) is 24.3 Å². The number of rotatable bonds is 3. The van der Waals surface area contributed by atoms with Gasteiger partial charge in [0.25, 0.3) is 5.91 Å². The second-order valence-corrected chi connectivity index (χ2v) is 6.22. The van der Waals surface area contributed by atoms with Gasteiger partial charge in [0, 0.05) is 31.7 Å². The zero-order chi connectivity index (χ0) is 17.8. The van der Waals surface area contributed by atoms with E-state index in [1.165, 1.54) is 24.3 Å². The summed E-state index contributed by atoms with van der Waals surface area (Å²) in [5.41, 5.74) is 2.60. The zero-order valence-corrected chi connectivity index (χ0v) is 14.2. The van der Waals surface area contributed by atoms with Crippen molar-refractivity contribution >= 4 is 5.91 Å². The maximum Gasteiger partial charge on any atom is 0.253 e. The highest BCUT2D eigenvalue weighted by Gasteiger charge is 2.28. The molecule has 1 amide bonds. The molecule has 5 heteroatoms. The number of carbonyl (C=O) groups excluding carboxylic acids is 1. The molecule has 1 fully saturated rings. The minimum atomic E-state index is -0.350. The molecule has 0 bridgehead atoms. The summed E-state index contributed by atoms with van der Waals surface area (Å²) < 4.78 is 13.0. The van der Waals surface area contributed by atoms with Crippen LogP contribution in [0.2, 0.25) is 0 Å². The number of hydrogen-bond acceptors (Lipinski definition) is 3. The highest BCUT2D eigenvalue weighted by molar-refractivity contribution is 5.94. The predicted molar refractivity (Wildman–Crippen MR) is 93.4 cm³/mol. The number of aryl methyl sites for hydroxylation is 1. The van der Waals surface area contributed by atoms with Crippen LogP contribution in [0.25, 0.3) is 0 Å². The first-order chi connectivity index (χ1) is 12.1. The van der Waals surface area contributed by atoms with E-state index in [2.05, 4.69) is 11.0 Å². The number of halogens is 1. The highest BCUT2D eigenvalue weighted by Crippen LogP contribution is 2.24. The first-order valence-electron chi connectivity index (χ1n) is 8.34. The van der Waals surface area contributed by atoms with E-state index in [4.69, 9.17) is 0 Å². The van der Waals surface area contributed by atoms with E-state index in [0.29, 0.717) is 31.7 Å². The molecule has 25 heavy (non-hydrogen) atoms. The zero-order valence-electron chi connectivity index (χ0n) is 14.2. The van der Waals surface area contributed by atoms with Crippen LogP contribution in [0, 0.1) is 24.1 Å². The summed E-state index contributed by atoms with van der Waals surface area (Å²) in [5.74, 6) is -0.444. The van der Waals surface area contributed by atoms with Crippen molar-refractivity contribution in [3.8, 4) is 6.07 Å². The number of amides is 1. The second-order valence-electron chi connectivity index (χ2n) is 6.22. The molecule has 1 unspecified atom stereocenters. The molecule has 2 aromatic carbocycles. The normalized spacial score (nSPS) is 16.3. The first-order valence-corrected chi connectivity index (χ1v) is 8.34. The molecule has 0 spiro atoms. The molecular formula is C20H20FN3O. The molecule has 4 nitrogen and oxygen atoms in total. The Hall–Kier alpha value is -2.71. The van der Waals surface area contributed by atoms with Crippen LogP contribution in [0.5, 0.6) is 0 Å². The Balaban J connectivity index is 1.67. The van der Waals surface area contributed by atoms with Crippen molar-refractivity contribution in [1.82, 2.24) is 9.80 Å². The third-order valence-corrected chi connectivity index (χ3v) is 4.66. The molecule has 0 N–H and O–H groups in total. The maximum atomic E-state index is 13.0. The lowest BCUT2D eigenvalue weighted by Crippen LogP contribution is -2.49. The van der Waals surface area contributed by atoms with E-state index < -0.39 is 0 Å². The fourth-order valence-electron chi connectivity index (χ4n) is 3.20. The molecule has 1 atom stereocenters. The smallest absolute Gasteiger partial charge is 0.253 e. The van der Waals surface area contributed by atoms with Crippen molar-refractivity contribution in [3.63, 3.8) is 0 Å². The summed E-state index contributed by atoms with van der Waals surface area (Å²) in [6.45, 7) is 4.40. The largest absolute Gasteiger partial charge is 0.336 e. The molecule has 0 aliphatic carbocycles. The summed E-state index contributed by atoms with van der Waals surface area (Å²) >= 11 is 0. The quantitative estimate of drug-likeness (QED) is 0.864. The molecule has 128 valence electrons. The van der Waals surface area contributed by atoms with Crippen LogP contribution in [0.3, 0.4) is 0 Å². The fraction of sp³-hybridized carbons (Fsp3) is 0.300. The first kappa shape index (κ1) is 17.1. The monoisotopic (exact) mass is 337 g/mol. The molecule has 3 rings (SSSR count). The standard InChI is InChI=1S/C20H20FN3O/c1-15-4-2-3-5-18(15)19(14-22)23-10-12-24(13-11-23)20(25)16-6-8-17(21)9-7-16/h2-9,19H,10-13H2,1H3. The van der Waals surface area contributed by atoms with Gasteiger partial charge in [-0.2, -0.15) is 5.26 Å². The minimum absolute atomic E-state index is 0.0935. The summed E-state index contributed by atoms with van der Waals surface area (Å²) in [7, 11) is 0. The Bertz CT molecular complexity index is 789. The lowest BCUT2D eigenvalue weighted by Gasteiger charge is -2.37. The molecular weight excluding hydrogens is 317 g/mol. The van der Waals surface area contributed by atoms with Gasteiger partial charge in [0.2, 0.25) is 0 Å². The van der Waals surface area contributed by atoms with Crippen LogP contribution in [0.1, 0.15) is 27.5 Å². The average molecular weight is 337 g/mol. The van der Waals surface area contributed by atoms with E-state index in [1.54, 1.807) is 4.90 Å². The summed E-state index contributed by atoms with van der Waals surface area (Å²) in [4.78, 5) is 16.4. The number of carbonyl (C=O) groups is 1. The number of benzene rings is 2. The van der Waals surface area contributed by atoms with Gasteiger partial charge in [-0.25, -0.2) is 4.39 Å². The van der Waals surface area contributed by atoms with Gasteiger partial charge in [-0.05, 0) is 42.3 Å². The van der Waals surface area contributed by atoms with Crippen molar-refractivity contribution in [1.29, 1.82) is 5.26 Å². The maximum absolute atomic E-state index is 13.0. The van der Waals surface area contributed by atoms with Gasteiger partial charge in [-0.3, -0.25) is 9.69 Å². The SMILES string of the molecule is Cc1ccccc1C(C#N)N1CCN(C(=O)c2ccc(F)cc2)CC1. The van der Waals surface area contributed by atoms with Crippen LogP contribution in [0.15, 0.2) is 48.5 Å². The van der Waals surface area contributed by atoms with Gasteiger partial charge < -0.3 is 4.90 Å².